The first kappa shape index (κ1) is 20.5. The minimum absolute atomic E-state index is 0.101. The van der Waals surface area contributed by atoms with E-state index < -0.39 is 0 Å². The van der Waals surface area contributed by atoms with Crippen LogP contribution in [0.25, 0.3) is 11.1 Å². The number of carbonyl (C=O) groups excluding carboxylic acids is 2. The van der Waals surface area contributed by atoms with Crippen molar-refractivity contribution < 1.29 is 9.59 Å². The summed E-state index contributed by atoms with van der Waals surface area (Å²) in [5.74, 6) is 0.961. The lowest BCUT2D eigenvalue weighted by molar-refractivity contribution is -0.117. The van der Waals surface area contributed by atoms with Crippen molar-refractivity contribution in [2.75, 3.05) is 5.32 Å². The van der Waals surface area contributed by atoms with Gasteiger partial charge < -0.3 is 10.6 Å². The molecular weight excluding hydrogens is 392 g/mol. The summed E-state index contributed by atoms with van der Waals surface area (Å²) in [6.07, 6.45) is 6.98. The van der Waals surface area contributed by atoms with Gasteiger partial charge in [-0.2, -0.15) is 5.10 Å². The number of aromatic amines is 1. The zero-order chi connectivity index (χ0) is 21.8. The van der Waals surface area contributed by atoms with E-state index in [4.69, 9.17) is 0 Å². The van der Waals surface area contributed by atoms with Gasteiger partial charge in [0, 0.05) is 35.6 Å². The largest absolute Gasteiger partial charge is 0.345 e. The van der Waals surface area contributed by atoms with Crippen molar-refractivity contribution in [3.05, 3.63) is 72.5 Å². The molecular formula is C23H24N6O2. The van der Waals surface area contributed by atoms with E-state index in [1.165, 1.54) is 18.9 Å². The van der Waals surface area contributed by atoms with Crippen LogP contribution in [0.3, 0.4) is 0 Å². The molecule has 2 heterocycles. The van der Waals surface area contributed by atoms with E-state index in [1.807, 2.05) is 37.3 Å². The molecule has 1 saturated carbocycles. The number of benzene rings is 1. The zero-order valence-electron chi connectivity index (χ0n) is 17.3. The van der Waals surface area contributed by atoms with Gasteiger partial charge in [0.05, 0.1) is 12.5 Å². The molecule has 8 heteroatoms. The smallest absolute Gasteiger partial charge is 0.243 e. The van der Waals surface area contributed by atoms with Crippen molar-refractivity contribution in [1.82, 2.24) is 25.5 Å². The van der Waals surface area contributed by atoms with Crippen LogP contribution < -0.4 is 10.6 Å². The number of nitrogens with one attached hydrogen (secondary N) is 3. The maximum Gasteiger partial charge on any atom is 0.243 e. The molecule has 1 aliphatic carbocycles. The Morgan fingerprint density at radius 3 is 2.55 bits per heavy atom. The third kappa shape index (κ3) is 5.03. The molecule has 4 rings (SSSR count). The molecule has 0 radical (unpaired) electrons. The fraction of sp³-hybridized carbons (Fsp3) is 0.261. The summed E-state index contributed by atoms with van der Waals surface area (Å²) in [5.41, 5.74) is 3.79. The van der Waals surface area contributed by atoms with E-state index in [0.29, 0.717) is 17.6 Å². The topological polar surface area (TPSA) is 113 Å². The number of carbonyl (C=O) groups is 2. The van der Waals surface area contributed by atoms with Crippen LogP contribution in [0.1, 0.15) is 48.7 Å². The van der Waals surface area contributed by atoms with Crippen molar-refractivity contribution in [2.24, 2.45) is 0 Å². The Bertz CT molecular complexity index is 1080. The number of hydrogen-bond acceptors (Lipinski definition) is 5. The number of nitrogens with zero attached hydrogens (tertiary/aromatic N) is 3. The Labute approximate surface area is 180 Å². The summed E-state index contributed by atoms with van der Waals surface area (Å²) in [4.78, 5) is 32.4. The number of anilines is 1. The Morgan fingerprint density at radius 2 is 1.90 bits per heavy atom. The Hall–Kier alpha value is -3.81. The summed E-state index contributed by atoms with van der Waals surface area (Å²) >= 11 is 0. The summed E-state index contributed by atoms with van der Waals surface area (Å²) in [5, 5.41) is 12.7. The van der Waals surface area contributed by atoms with Crippen LogP contribution in [0, 0.1) is 0 Å². The Balaban J connectivity index is 1.36. The molecule has 1 aliphatic rings. The second-order valence-corrected chi connectivity index (χ2v) is 7.63. The third-order valence-corrected chi connectivity index (χ3v) is 5.31. The predicted molar refractivity (Wildman–Crippen MR) is 117 cm³/mol. The van der Waals surface area contributed by atoms with Gasteiger partial charge in [-0.1, -0.05) is 30.8 Å². The van der Waals surface area contributed by atoms with Gasteiger partial charge in [0.2, 0.25) is 11.8 Å². The van der Waals surface area contributed by atoms with Gasteiger partial charge in [0.25, 0.3) is 0 Å². The van der Waals surface area contributed by atoms with Gasteiger partial charge in [-0.05, 0) is 37.0 Å². The van der Waals surface area contributed by atoms with Crippen LogP contribution in [-0.2, 0) is 16.1 Å². The molecule has 2 amide bonds. The maximum atomic E-state index is 12.6. The van der Waals surface area contributed by atoms with Gasteiger partial charge in [-0.25, -0.2) is 9.97 Å². The molecule has 0 spiro atoms. The van der Waals surface area contributed by atoms with Crippen LogP contribution in [-0.4, -0.2) is 32.0 Å². The molecule has 1 aromatic carbocycles. The lowest BCUT2D eigenvalue weighted by Gasteiger charge is -2.12. The number of rotatable bonds is 8. The fourth-order valence-corrected chi connectivity index (χ4v) is 3.19. The van der Waals surface area contributed by atoms with Crippen molar-refractivity contribution in [3.8, 4) is 11.1 Å². The van der Waals surface area contributed by atoms with E-state index >= 15 is 0 Å². The average molecular weight is 416 g/mol. The third-order valence-electron chi connectivity index (χ3n) is 5.31. The fourth-order valence-electron chi connectivity index (χ4n) is 3.19. The average Bonchev–Trinajstić information content (AvgIpc) is 3.56. The minimum Gasteiger partial charge on any atom is -0.345 e. The highest BCUT2D eigenvalue weighted by molar-refractivity contribution is 5.95. The van der Waals surface area contributed by atoms with E-state index in [2.05, 4.69) is 37.4 Å². The molecule has 1 atom stereocenters. The normalized spacial score (nSPS) is 14.0. The van der Waals surface area contributed by atoms with Crippen molar-refractivity contribution in [2.45, 2.75) is 38.1 Å². The van der Waals surface area contributed by atoms with Gasteiger partial charge in [0.1, 0.15) is 5.82 Å². The molecule has 0 saturated heterocycles. The monoisotopic (exact) mass is 416 g/mol. The van der Waals surface area contributed by atoms with Crippen LogP contribution in [0.4, 0.5) is 5.82 Å². The second-order valence-electron chi connectivity index (χ2n) is 7.63. The summed E-state index contributed by atoms with van der Waals surface area (Å²) in [6, 6.07) is 9.65. The standard InChI is InChI=1S/C23H24N6O2/c1-3-22(30)26-13-21-24-11-18(12-25-21)16-6-4-15(5-7-16)14(2)23(31)27-20-10-19(28-29-20)17-8-9-17/h3-7,10-12,14,17H,1,8-9,13H2,2H3,(H,26,30)(H2,27,28,29,31). The van der Waals surface area contributed by atoms with Gasteiger partial charge in [-0.3, -0.25) is 14.7 Å². The van der Waals surface area contributed by atoms with E-state index in [9.17, 15) is 9.59 Å². The highest BCUT2D eigenvalue weighted by Gasteiger charge is 2.26. The number of H-pyrrole nitrogens is 1. The first-order valence-electron chi connectivity index (χ1n) is 10.2. The SMILES string of the molecule is C=CC(=O)NCc1ncc(-c2ccc(C(C)C(=O)Nc3cc(C4CC4)[nH]n3)cc2)cn1. The molecule has 1 fully saturated rings. The number of amides is 2. The van der Waals surface area contributed by atoms with Crippen LogP contribution in [0.15, 0.2) is 55.4 Å². The lowest BCUT2D eigenvalue weighted by atomic mass is 9.97. The van der Waals surface area contributed by atoms with Crippen molar-refractivity contribution >= 4 is 17.6 Å². The summed E-state index contributed by atoms with van der Waals surface area (Å²) < 4.78 is 0. The van der Waals surface area contributed by atoms with Crippen LogP contribution in [0.5, 0.6) is 0 Å². The van der Waals surface area contributed by atoms with Crippen LogP contribution >= 0.6 is 0 Å². The second kappa shape index (κ2) is 8.91. The van der Waals surface area contributed by atoms with E-state index in [1.54, 1.807) is 12.4 Å². The molecule has 3 aromatic rings. The van der Waals surface area contributed by atoms with Crippen molar-refractivity contribution in [1.29, 1.82) is 0 Å². The highest BCUT2D eigenvalue weighted by atomic mass is 16.2. The predicted octanol–water partition coefficient (Wildman–Crippen LogP) is 3.29. The number of hydrogen-bond donors (Lipinski definition) is 3. The molecule has 31 heavy (non-hydrogen) atoms. The first-order valence-corrected chi connectivity index (χ1v) is 10.2. The van der Waals surface area contributed by atoms with E-state index in [0.717, 1.165) is 22.4 Å². The molecule has 8 nitrogen and oxygen atoms in total. The summed E-state index contributed by atoms with van der Waals surface area (Å²) in [6.45, 7) is 5.52. The molecule has 1 unspecified atom stereocenters. The lowest BCUT2D eigenvalue weighted by Crippen LogP contribution is -2.21. The molecule has 0 bridgehead atoms. The van der Waals surface area contributed by atoms with E-state index in [-0.39, 0.29) is 24.3 Å². The Morgan fingerprint density at radius 1 is 1.19 bits per heavy atom. The zero-order valence-corrected chi connectivity index (χ0v) is 17.3. The van der Waals surface area contributed by atoms with Gasteiger partial charge in [-0.15, -0.1) is 0 Å². The maximum absolute atomic E-state index is 12.6. The summed E-state index contributed by atoms with van der Waals surface area (Å²) in [7, 11) is 0. The number of aromatic nitrogens is 4. The highest BCUT2D eigenvalue weighted by Crippen LogP contribution is 2.39. The minimum atomic E-state index is -0.317. The quantitative estimate of drug-likeness (QED) is 0.488. The molecule has 158 valence electrons. The van der Waals surface area contributed by atoms with Crippen molar-refractivity contribution in [3.63, 3.8) is 0 Å². The first-order chi connectivity index (χ1) is 15.0. The molecule has 3 N–H and O–H groups in total. The Kier molecular flexibility index (Phi) is 5.88. The van der Waals surface area contributed by atoms with Crippen LogP contribution in [0.2, 0.25) is 0 Å². The van der Waals surface area contributed by atoms with Gasteiger partial charge in [0.15, 0.2) is 5.82 Å². The molecule has 0 aliphatic heterocycles. The van der Waals surface area contributed by atoms with Gasteiger partial charge >= 0.3 is 0 Å². The molecule has 2 aromatic heterocycles.